The predicted molar refractivity (Wildman–Crippen MR) is 198 cm³/mol. The molecule has 0 spiro atoms. The number of para-hydroxylation sites is 1. The van der Waals surface area contributed by atoms with Crippen molar-refractivity contribution in [3.05, 3.63) is 119 Å². The van der Waals surface area contributed by atoms with Gasteiger partial charge < -0.3 is 33.6 Å². The van der Waals surface area contributed by atoms with Crippen molar-refractivity contribution < 1.29 is 80.3 Å². The molecule has 10 heteroatoms. The van der Waals surface area contributed by atoms with Crippen LogP contribution in [0.1, 0.15) is 52.7 Å². The van der Waals surface area contributed by atoms with E-state index in [0.29, 0.717) is 48.8 Å². The molecule has 0 atom stereocenters. The Bertz CT molecular complexity index is 1930. The molecule has 9 nitrogen and oxygen atoms in total. The molecule has 0 unspecified atom stereocenters. The molecule has 266 valence electrons. The predicted octanol–water partition coefficient (Wildman–Crippen LogP) is 3.28. The second kappa shape index (κ2) is 19.4. The summed E-state index contributed by atoms with van der Waals surface area (Å²) in [6.07, 6.45) is 4.06. The van der Waals surface area contributed by atoms with Crippen molar-refractivity contribution in [1.29, 1.82) is 0 Å². The Hall–Kier alpha value is -3.64. The maximum Gasteiger partial charge on any atom is 1.00 e. The van der Waals surface area contributed by atoms with Crippen LogP contribution >= 0.6 is 0 Å². The van der Waals surface area contributed by atoms with Crippen molar-refractivity contribution in [2.24, 2.45) is 0 Å². The van der Waals surface area contributed by atoms with Gasteiger partial charge in [0.1, 0.15) is 12.4 Å². The molecule has 0 radical (unpaired) electrons. The van der Waals surface area contributed by atoms with Crippen LogP contribution in [0.3, 0.4) is 0 Å². The van der Waals surface area contributed by atoms with Crippen LogP contribution in [0.4, 0.5) is 5.69 Å². The van der Waals surface area contributed by atoms with Gasteiger partial charge in [-0.2, -0.15) is 0 Å². The van der Waals surface area contributed by atoms with E-state index in [1.165, 1.54) is 11.3 Å². The fraction of sp³-hybridized carbons (Fsp3) is 0.333. The van der Waals surface area contributed by atoms with E-state index in [2.05, 4.69) is 41.0 Å². The third-order valence-corrected chi connectivity index (χ3v) is 9.45. The molecule has 0 bridgehead atoms. The molecule has 1 fully saturated rings. The van der Waals surface area contributed by atoms with Gasteiger partial charge in [0, 0.05) is 78.7 Å². The summed E-state index contributed by atoms with van der Waals surface area (Å²) in [7, 11) is 1.70. The maximum atomic E-state index is 14.0. The van der Waals surface area contributed by atoms with E-state index in [1.54, 1.807) is 19.2 Å². The van der Waals surface area contributed by atoms with Crippen LogP contribution in [0, 0.1) is 6.92 Å². The number of ether oxygens (including phenoxy) is 3. The van der Waals surface area contributed by atoms with Gasteiger partial charge in [0.25, 0.3) is 0 Å². The molecule has 1 saturated heterocycles. The average Bonchev–Trinajstić information content (AvgIpc) is 3.53. The van der Waals surface area contributed by atoms with Crippen molar-refractivity contribution in [1.82, 2.24) is 9.47 Å². The number of aryl methyl sites for hydroxylation is 2. The number of anilines is 1. The summed E-state index contributed by atoms with van der Waals surface area (Å²) in [5.41, 5.74) is 5.37. The summed E-state index contributed by atoms with van der Waals surface area (Å²) in [6, 6.07) is 29.5. The first-order valence-corrected chi connectivity index (χ1v) is 17.8. The number of hydrogen-bond donors (Lipinski definition) is 0. The van der Waals surface area contributed by atoms with E-state index in [4.69, 9.17) is 14.2 Å². The molecule has 0 N–H and O–H groups in total. The number of methoxy groups -OCH3 is 1. The van der Waals surface area contributed by atoms with Gasteiger partial charge in [0.05, 0.1) is 13.7 Å². The van der Waals surface area contributed by atoms with Gasteiger partial charge in [-0.25, -0.2) is 0 Å². The van der Waals surface area contributed by atoms with Crippen LogP contribution in [-0.2, 0) is 17.9 Å². The van der Waals surface area contributed by atoms with Gasteiger partial charge in [-0.3, -0.25) is 9.69 Å². The molecular weight excluding hydrogens is 682 g/mol. The van der Waals surface area contributed by atoms with Crippen LogP contribution in [-0.4, -0.2) is 67.7 Å². The van der Waals surface area contributed by atoms with E-state index in [0.717, 1.165) is 67.8 Å². The summed E-state index contributed by atoms with van der Waals surface area (Å²) in [6.45, 7) is 8.37. The number of rotatable bonds is 17. The molecule has 5 aromatic rings. The zero-order chi connectivity index (χ0) is 35.6. The van der Waals surface area contributed by atoms with Gasteiger partial charge in [0.2, 0.25) is 0 Å². The minimum atomic E-state index is -1.08. The Morgan fingerprint density at radius 3 is 2.35 bits per heavy atom. The Morgan fingerprint density at radius 1 is 0.788 bits per heavy atom. The zero-order valence-electron chi connectivity index (χ0n) is 30.5. The average molecular weight is 728 g/mol. The third kappa shape index (κ3) is 10.5. The quantitative estimate of drug-likeness (QED) is 0.0819. The number of ketones is 1. The second-order valence-electron chi connectivity index (χ2n) is 13.1. The standard InChI is InChI=1S/C42H47N3O6.K/c1-31-14-16-32(17-15-31)30-51-39-19-18-33(42(48)37-29-45(21-8-13-41(46)47)38-12-4-3-11-36(37)38)27-40(39)50-26-6-5-20-43-22-24-44(25-23-43)34-9-7-10-35(28-34)49-2;/h3-4,7,9-12,14-19,27-29H,5-6,8,13,20-26,30H2,1-2H3,(H,46,47);/q;+1/p-1. The number of aromatic nitrogens is 1. The van der Waals surface area contributed by atoms with Gasteiger partial charge >= 0.3 is 51.4 Å². The number of hydrogen-bond acceptors (Lipinski definition) is 8. The van der Waals surface area contributed by atoms with E-state index < -0.39 is 5.97 Å². The van der Waals surface area contributed by atoms with E-state index in [-0.39, 0.29) is 63.6 Å². The topological polar surface area (TPSA) is 96.3 Å². The monoisotopic (exact) mass is 727 g/mol. The van der Waals surface area contributed by atoms with Crippen LogP contribution in [0.5, 0.6) is 17.2 Å². The number of fused-ring (bicyclic) bond motifs is 1. The fourth-order valence-corrected chi connectivity index (χ4v) is 6.55. The Kier molecular flexibility index (Phi) is 14.8. The van der Waals surface area contributed by atoms with E-state index in [9.17, 15) is 14.7 Å². The largest absolute Gasteiger partial charge is 1.00 e. The summed E-state index contributed by atoms with van der Waals surface area (Å²) >= 11 is 0. The molecule has 1 aliphatic heterocycles. The summed E-state index contributed by atoms with van der Waals surface area (Å²) < 4.78 is 19.9. The molecule has 0 saturated carbocycles. The van der Waals surface area contributed by atoms with Crippen molar-refractivity contribution in [3.63, 3.8) is 0 Å². The van der Waals surface area contributed by atoms with Crippen molar-refractivity contribution in [2.75, 3.05) is 51.3 Å². The van der Waals surface area contributed by atoms with Crippen molar-refractivity contribution in [2.45, 2.75) is 45.8 Å². The number of carbonyl (C=O) groups is 2. The smallest absolute Gasteiger partial charge is 0.550 e. The summed E-state index contributed by atoms with van der Waals surface area (Å²) in [5.74, 6) is 0.795. The third-order valence-electron chi connectivity index (χ3n) is 9.45. The Labute approximate surface area is 348 Å². The summed E-state index contributed by atoms with van der Waals surface area (Å²) in [4.78, 5) is 29.9. The minimum Gasteiger partial charge on any atom is -0.550 e. The normalized spacial score (nSPS) is 13.1. The summed E-state index contributed by atoms with van der Waals surface area (Å²) in [5, 5.41) is 11.8. The van der Waals surface area contributed by atoms with E-state index >= 15 is 0 Å². The van der Waals surface area contributed by atoms with Crippen molar-refractivity contribution >= 4 is 28.3 Å². The molecule has 4 aromatic carbocycles. The number of carboxylic acid groups (broad SMARTS) is 1. The van der Waals surface area contributed by atoms with Crippen LogP contribution < -0.4 is 75.6 Å². The minimum absolute atomic E-state index is 0. The molecule has 0 amide bonds. The van der Waals surface area contributed by atoms with Gasteiger partial charge in [-0.05, 0) is 81.1 Å². The molecule has 52 heavy (non-hydrogen) atoms. The number of piperazine rings is 1. The van der Waals surface area contributed by atoms with Crippen LogP contribution in [0.15, 0.2) is 97.2 Å². The van der Waals surface area contributed by atoms with Gasteiger partial charge in [-0.15, -0.1) is 0 Å². The number of aliphatic carboxylic acids is 1. The molecule has 1 aromatic heterocycles. The number of unbranched alkanes of at least 4 members (excludes halogenated alkanes) is 1. The molecule has 2 heterocycles. The number of carbonyl (C=O) groups excluding carboxylic acids is 2. The SMILES string of the molecule is COc1cccc(N2CCN(CCCCOc3cc(C(=O)c4cn(CCCC(=O)[O-])c5ccccc45)ccc3OCc3ccc(C)cc3)CC2)c1.[K+]. The van der Waals surface area contributed by atoms with Crippen LogP contribution in [0.2, 0.25) is 0 Å². The second-order valence-corrected chi connectivity index (χ2v) is 13.1. The molecule has 1 aliphatic rings. The first kappa shape index (κ1) is 39.6. The first-order valence-electron chi connectivity index (χ1n) is 17.8. The fourth-order valence-electron chi connectivity index (χ4n) is 6.55. The van der Waals surface area contributed by atoms with Gasteiger partial charge in [0.15, 0.2) is 17.3 Å². The Morgan fingerprint density at radius 2 is 1.58 bits per heavy atom. The Balaban J connectivity index is 0.00000523. The van der Waals surface area contributed by atoms with E-state index in [1.807, 2.05) is 65.4 Å². The van der Waals surface area contributed by atoms with Gasteiger partial charge in [-0.1, -0.05) is 54.1 Å². The number of carboxylic acids is 1. The van der Waals surface area contributed by atoms with Crippen molar-refractivity contribution in [3.8, 4) is 17.2 Å². The first-order chi connectivity index (χ1) is 24.9. The maximum absolute atomic E-state index is 14.0. The zero-order valence-corrected chi connectivity index (χ0v) is 33.6. The molecule has 0 aliphatic carbocycles. The number of benzene rings is 4. The molecular formula is C42H46KN3O6. The number of nitrogens with zero attached hydrogens (tertiary/aromatic N) is 3. The molecule has 6 rings (SSSR count). The van der Waals surface area contributed by atoms with Crippen LogP contribution in [0.25, 0.3) is 10.9 Å².